The van der Waals surface area contributed by atoms with Gasteiger partial charge >= 0.3 is 0 Å². The Morgan fingerprint density at radius 2 is 1.41 bits per heavy atom. The molecule has 1 fully saturated rings. The molecule has 0 radical (unpaired) electrons. The molecule has 146 valence electrons. The molecule has 27 heavy (non-hydrogen) atoms. The summed E-state index contributed by atoms with van der Waals surface area (Å²) in [5.41, 5.74) is 2.33. The zero-order chi connectivity index (χ0) is 18.6. The first-order valence-electron chi connectivity index (χ1n) is 9.86. The molecule has 0 saturated carbocycles. The Morgan fingerprint density at radius 3 is 1.93 bits per heavy atom. The second-order valence-electron chi connectivity index (χ2n) is 6.95. The van der Waals surface area contributed by atoms with E-state index in [2.05, 4.69) is 24.3 Å². The van der Waals surface area contributed by atoms with Gasteiger partial charge in [-0.05, 0) is 30.4 Å². The number of hydrogen-bond donors (Lipinski definition) is 0. The normalized spacial score (nSPS) is 17.3. The molecule has 4 nitrogen and oxygen atoms in total. The minimum absolute atomic E-state index is 0.0945. The van der Waals surface area contributed by atoms with Gasteiger partial charge in [-0.25, -0.2) is 0 Å². The summed E-state index contributed by atoms with van der Waals surface area (Å²) in [5.74, 6) is 0. The molecular formula is C23H30O4. The zero-order valence-electron chi connectivity index (χ0n) is 15.9. The average Bonchev–Trinajstić information content (AvgIpc) is 2.74. The van der Waals surface area contributed by atoms with Crippen LogP contribution in [0, 0.1) is 0 Å². The Balaban J connectivity index is 1.43. The third-order valence-electron chi connectivity index (χ3n) is 4.62. The van der Waals surface area contributed by atoms with E-state index >= 15 is 0 Å². The van der Waals surface area contributed by atoms with Gasteiger partial charge in [-0.15, -0.1) is 0 Å². The Morgan fingerprint density at radius 1 is 0.815 bits per heavy atom. The van der Waals surface area contributed by atoms with E-state index in [0.29, 0.717) is 33.0 Å². The first kappa shape index (κ1) is 20.0. The molecule has 2 aromatic rings. The van der Waals surface area contributed by atoms with Crippen LogP contribution < -0.4 is 0 Å². The van der Waals surface area contributed by atoms with Crippen LogP contribution in [0.2, 0.25) is 0 Å². The quantitative estimate of drug-likeness (QED) is 0.588. The van der Waals surface area contributed by atoms with Crippen molar-refractivity contribution < 1.29 is 18.9 Å². The van der Waals surface area contributed by atoms with Crippen molar-refractivity contribution in [1.29, 1.82) is 0 Å². The lowest BCUT2D eigenvalue weighted by molar-refractivity contribution is -0.106. The third-order valence-corrected chi connectivity index (χ3v) is 4.62. The average molecular weight is 370 g/mol. The molecule has 2 aromatic carbocycles. The lowest BCUT2D eigenvalue weighted by Gasteiger charge is -2.25. The van der Waals surface area contributed by atoms with Crippen molar-refractivity contribution in [2.24, 2.45) is 0 Å². The van der Waals surface area contributed by atoms with E-state index in [4.69, 9.17) is 18.9 Å². The fourth-order valence-corrected chi connectivity index (χ4v) is 3.09. The maximum atomic E-state index is 6.08. The van der Waals surface area contributed by atoms with Crippen molar-refractivity contribution in [3.8, 4) is 0 Å². The fourth-order valence-electron chi connectivity index (χ4n) is 3.09. The van der Waals surface area contributed by atoms with E-state index in [1.54, 1.807) is 0 Å². The first-order chi connectivity index (χ1) is 13.4. The Bertz CT molecular complexity index is 565. The molecule has 1 saturated heterocycles. The molecule has 4 heteroatoms. The first-order valence-corrected chi connectivity index (χ1v) is 9.86. The van der Waals surface area contributed by atoms with Crippen molar-refractivity contribution in [2.75, 3.05) is 26.4 Å². The van der Waals surface area contributed by atoms with Crippen LogP contribution in [0.25, 0.3) is 0 Å². The van der Waals surface area contributed by atoms with Gasteiger partial charge in [-0.1, -0.05) is 60.7 Å². The molecule has 1 aliphatic heterocycles. The van der Waals surface area contributed by atoms with E-state index < -0.39 is 0 Å². The van der Waals surface area contributed by atoms with Crippen molar-refractivity contribution in [3.05, 3.63) is 71.8 Å². The van der Waals surface area contributed by atoms with Crippen molar-refractivity contribution >= 4 is 0 Å². The van der Waals surface area contributed by atoms with Gasteiger partial charge in [-0.2, -0.15) is 0 Å². The second kappa shape index (κ2) is 11.9. The summed E-state index contributed by atoms with van der Waals surface area (Å²) >= 11 is 0. The summed E-state index contributed by atoms with van der Waals surface area (Å²) < 4.78 is 23.6. The molecule has 0 aromatic heterocycles. The highest BCUT2D eigenvalue weighted by Gasteiger charge is 2.17. The summed E-state index contributed by atoms with van der Waals surface area (Å²) in [6.07, 6.45) is 3.55. The monoisotopic (exact) mass is 370 g/mol. The van der Waals surface area contributed by atoms with Crippen LogP contribution in [0.5, 0.6) is 0 Å². The molecule has 3 rings (SSSR count). The molecule has 0 N–H and O–H groups in total. The highest BCUT2D eigenvalue weighted by atomic mass is 16.6. The van der Waals surface area contributed by atoms with Crippen LogP contribution in [0.3, 0.4) is 0 Å². The predicted molar refractivity (Wildman–Crippen MR) is 106 cm³/mol. The molecule has 0 amide bonds. The summed E-state index contributed by atoms with van der Waals surface area (Å²) in [5, 5.41) is 0. The largest absolute Gasteiger partial charge is 0.376 e. The maximum absolute atomic E-state index is 6.08. The Labute approximate surface area is 162 Å². The van der Waals surface area contributed by atoms with Gasteiger partial charge in [0.2, 0.25) is 0 Å². The minimum Gasteiger partial charge on any atom is -0.376 e. The van der Waals surface area contributed by atoms with Gasteiger partial charge in [-0.3, -0.25) is 0 Å². The molecule has 0 aliphatic carbocycles. The molecule has 1 atom stereocenters. The van der Waals surface area contributed by atoms with Gasteiger partial charge < -0.3 is 18.9 Å². The van der Waals surface area contributed by atoms with E-state index in [-0.39, 0.29) is 12.2 Å². The second-order valence-corrected chi connectivity index (χ2v) is 6.95. The summed E-state index contributed by atoms with van der Waals surface area (Å²) in [6, 6.07) is 20.4. The lowest BCUT2D eigenvalue weighted by atomic mass is 10.1. The number of benzene rings is 2. The number of rotatable bonds is 11. The Kier molecular flexibility index (Phi) is 8.81. The van der Waals surface area contributed by atoms with Crippen LogP contribution in [0.1, 0.15) is 30.4 Å². The van der Waals surface area contributed by atoms with Crippen LogP contribution in [-0.2, 0) is 32.2 Å². The molecule has 0 bridgehead atoms. The zero-order valence-corrected chi connectivity index (χ0v) is 15.9. The van der Waals surface area contributed by atoms with Gasteiger partial charge in [0.25, 0.3) is 0 Å². The standard InChI is InChI=1S/C23H30O4/c1-3-9-20(10-4-1)15-24-17-23(27-19-22-13-7-8-14-26-22)18-25-16-21-11-5-2-6-12-21/h1-6,9-12,22-23H,7-8,13-19H2. The topological polar surface area (TPSA) is 36.9 Å². The smallest absolute Gasteiger partial charge is 0.104 e. The van der Waals surface area contributed by atoms with Crippen LogP contribution in [0.15, 0.2) is 60.7 Å². The highest BCUT2D eigenvalue weighted by molar-refractivity contribution is 5.14. The maximum Gasteiger partial charge on any atom is 0.104 e. The third kappa shape index (κ3) is 7.81. The molecule has 1 heterocycles. The summed E-state index contributed by atoms with van der Waals surface area (Å²) in [7, 11) is 0. The Hall–Kier alpha value is -1.72. The van der Waals surface area contributed by atoms with E-state index in [0.717, 1.165) is 30.6 Å². The van der Waals surface area contributed by atoms with E-state index in [9.17, 15) is 0 Å². The predicted octanol–water partition coefficient (Wildman–Crippen LogP) is 4.37. The fraction of sp³-hybridized carbons (Fsp3) is 0.478. The molecule has 1 aliphatic rings. The number of hydrogen-bond acceptors (Lipinski definition) is 4. The minimum atomic E-state index is -0.0945. The summed E-state index contributed by atoms with van der Waals surface area (Å²) in [4.78, 5) is 0. The van der Waals surface area contributed by atoms with Crippen molar-refractivity contribution in [1.82, 2.24) is 0 Å². The molecular weight excluding hydrogens is 340 g/mol. The van der Waals surface area contributed by atoms with Crippen LogP contribution >= 0.6 is 0 Å². The molecule has 0 spiro atoms. The van der Waals surface area contributed by atoms with E-state index in [1.165, 1.54) is 6.42 Å². The lowest BCUT2D eigenvalue weighted by Crippen LogP contribution is -2.32. The SMILES string of the molecule is c1ccc(COCC(COCc2ccccc2)OCC2CCCCO2)cc1. The highest BCUT2D eigenvalue weighted by Crippen LogP contribution is 2.14. The van der Waals surface area contributed by atoms with Crippen LogP contribution in [0.4, 0.5) is 0 Å². The van der Waals surface area contributed by atoms with Gasteiger partial charge in [0.05, 0.1) is 39.1 Å². The van der Waals surface area contributed by atoms with E-state index in [1.807, 2.05) is 36.4 Å². The molecule has 1 unspecified atom stereocenters. The van der Waals surface area contributed by atoms with Crippen LogP contribution in [-0.4, -0.2) is 38.6 Å². The van der Waals surface area contributed by atoms with Crippen molar-refractivity contribution in [2.45, 2.75) is 44.7 Å². The van der Waals surface area contributed by atoms with Crippen molar-refractivity contribution in [3.63, 3.8) is 0 Å². The number of ether oxygens (including phenoxy) is 4. The van der Waals surface area contributed by atoms with Gasteiger partial charge in [0, 0.05) is 6.61 Å². The summed E-state index contributed by atoms with van der Waals surface area (Å²) in [6.45, 7) is 3.63. The van der Waals surface area contributed by atoms with Gasteiger partial charge in [0.15, 0.2) is 0 Å². The van der Waals surface area contributed by atoms with Gasteiger partial charge in [0.1, 0.15) is 6.10 Å².